The van der Waals surface area contributed by atoms with Crippen molar-refractivity contribution in [2.75, 3.05) is 39.6 Å². The number of ether oxygens (including phenoxy) is 12. The van der Waals surface area contributed by atoms with Gasteiger partial charge in [0.05, 0.1) is 64.1 Å². The van der Waals surface area contributed by atoms with Gasteiger partial charge in [0.2, 0.25) is 0 Å². The topological polar surface area (TPSA) is 492 Å². The molecule has 0 radical (unpaired) electrons. The maximum absolute atomic E-state index is 12.2. The lowest BCUT2D eigenvalue weighted by atomic mass is 9.43. The minimum absolute atomic E-state index is 0.00272. The lowest BCUT2D eigenvalue weighted by molar-refractivity contribution is -0.404. The molecule has 0 aromatic rings. The Labute approximate surface area is 513 Å². The number of aliphatic hydroxyl groups is 18. The number of carbonyl (C=O) groups excluding carboxylic acids is 1. The molecule has 6 heterocycles. The predicted molar refractivity (Wildman–Crippen MR) is 291 cm³/mol. The van der Waals surface area contributed by atoms with E-state index in [0.717, 1.165) is 19.8 Å². The van der Waals surface area contributed by atoms with Crippen LogP contribution >= 0.6 is 0 Å². The van der Waals surface area contributed by atoms with Gasteiger partial charge in [-0.15, -0.1) is 0 Å². The molecule has 0 amide bonds. The molecule has 514 valence electrons. The molecule has 0 aromatic carbocycles. The normalized spacial score (nSPS) is 54.6. The molecule has 0 unspecified atom stereocenters. The SMILES string of the molecule is CC(=O)O[C@@H]1CO[C@@H](O[C@H]2[C@H](O)[C@@H](CO)O[C@@H](O[C@@H]3[C@H](O)[C@@H](O)[C@H](O[C@@H]4C[C@@H]5[C@H](O)C[C@@H]6[C@H](CC[C@]7(C)[C@@H]8[C@H](C[C@@H]67)O[C@](O)(CC[C@H](C)CO[C@@H]6O[C@H](CO)[C@@H](O)[C@H](O)[C@H]6O)[C@H]8C)[C@@]5(C)C[C@H]4O)O[C@@H]3CO)[C@@H]2O[C@@H]2O[C@H](CO)[C@@H](O)[C@H](O)[C@H]2O)[C@H](O)[C@H]1O. The zero-order valence-electron chi connectivity index (χ0n) is 50.5. The van der Waals surface area contributed by atoms with Crippen LogP contribution in [0.5, 0.6) is 0 Å². The summed E-state index contributed by atoms with van der Waals surface area (Å²) in [6.45, 7) is 5.51. The van der Waals surface area contributed by atoms with E-state index in [1.54, 1.807) is 0 Å². The summed E-state index contributed by atoms with van der Waals surface area (Å²) in [7, 11) is 0. The zero-order valence-corrected chi connectivity index (χ0v) is 50.5. The van der Waals surface area contributed by atoms with E-state index in [9.17, 15) is 96.7 Å². The molecule has 31 heteroatoms. The maximum atomic E-state index is 12.2. The fourth-order valence-corrected chi connectivity index (χ4v) is 17.2. The summed E-state index contributed by atoms with van der Waals surface area (Å²) in [5.74, 6) is -2.85. The smallest absolute Gasteiger partial charge is 0.303 e. The number of aliphatic hydroxyl groups excluding tert-OH is 17. The van der Waals surface area contributed by atoms with Gasteiger partial charge in [-0.1, -0.05) is 27.7 Å². The van der Waals surface area contributed by atoms with Crippen LogP contribution in [0.15, 0.2) is 0 Å². The van der Waals surface area contributed by atoms with E-state index in [-0.39, 0.29) is 66.5 Å². The predicted octanol–water partition coefficient (Wildman–Crippen LogP) is -6.98. The lowest BCUT2D eigenvalue weighted by Crippen LogP contribution is -2.68. The van der Waals surface area contributed by atoms with Gasteiger partial charge in [0.25, 0.3) is 0 Å². The van der Waals surface area contributed by atoms with E-state index in [2.05, 4.69) is 13.8 Å². The van der Waals surface area contributed by atoms with Crippen LogP contribution in [0, 0.1) is 52.3 Å². The quantitative estimate of drug-likeness (QED) is 0.0422. The Bertz CT molecular complexity index is 2330. The highest BCUT2D eigenvalue weighted by atomic mass is 16.8. The molecule has 38 atom stereocenters. The average Bonchev–Trinajstić information content (AvgIpc) is 1.61. The van der Waals surface area contributed by atoms with Crippen molar-refractivity contribution in [1.29, 1.82) is 0 Å². The molecule has 0 aromatic heterocycles. The van der Waals surface area contributed by atoms with E-state index in [0.29, 0.717) is 25.7 Å². The van der Waals surface area contributed by atoms with Crippen LogP contribution in [-0.4, -0.2) is 315 Å². The van der Waals surface area contributed by atoms with Crippen molar-refractivity contribution >= 4 is 5.97 Å². The van der Waals surface area contributed by atoms with Gasteiger partial charge in [0.15, 0.2) is 43.3 Å². The van der Waals surface area contributed by atoms with E-state index >= 15 is 0 Å². The number of carbonyl (C=O) groups is 1. The first-order valence-corrected chi connectivity index (χ1v) is 31.4. The second-order valence-electron chi connectivity index (χ2n) is 27.5. The average molecular weight is 1290 g/mol. The van der Waals surface area contributed by atoms with Crippen LogP contribution in [0.4, 0.5) is 0 Å². The maximum Gasteiger partial charge on any atom is 0.303 e. The van der Waals surface area contributed by atoms with Gasteiger partial charge < -0.3 is 149 Å². The van der Waals surface area contributed by atoms with Gasteiger partial charge in [0, 0.05) is 19.3 Å². The highest BCUT2D eigenvalue weighted by Gasteiger charge is 2.70. The van der Waals surface area contributed by atoms with Crippen LogP contribution in [-0.2, 0) is 61.6 Å². The summed E-state index contributed by atoms with van der Waals surface area (Å²) in [6, 6.07) is 0. The molecular formula is C58H96O31. The zero-order chi connectivity index (χ0) is 64.7. The number of hydrogen-bond donors (Lipinski definition) is 18. The molecule has 31 nitrogen and oxygen atoms in total. The second kappa shape index (κ2) is 27.8. The first-order chi connectivity index (χ1) is 42.0. The third-order valence-electron chi connectivity index (χ3n) is 22.2. The van der Waals surface area contributed by atoms with E-state index in [1.807, 2.05) is 13.8 Å². The molecule has 10 aliphatic rings. The minimum Gasteiger partial charge on any atom is -0.457 e. The first kappa shape index (κ1) is 70.1. The largest absolute Gasteiger partial charge is 0.457 e. The van der Waals surface area contributed by atoms with Gasteiger partial charge in [-0.2, -0.15) is 0 Å². The van der Waals surface area contributed by atoms with Crippen molar-refractivity contribution in [3.8, 4) is 0 Å². The molecule has 10 fully saturated rings. The second-order valence-corrected chi connectivity index (χ2v) is 27.5. The third kappa shape index (κ3) is 13.1. The van der Waals surface area contributed by atoms with Gasteiger partial charge in [-0.25, -0.2) is 0 Å². The summed E-state index contributed by atoms with van der Waals surface area (Å²) in [4.78, 5) is 11.7. The van der Waals surface area contributed by atoms with Gasteiger partial charge in [0.1, 0.15) is 110 Å². The summed E-state index contributed by atoms with van der Waals surface area (Å²) in [5, 5.41) is 198. The highest BCUT2D eigenvalue weighted by molar-refractivity contribution is 5.66. The Morgan fingerprint density at radius 2 is 1.10 bits per heavy atom. The first-order valence-electron chi connectivity index (χ1n) is 31.4. The summed E-state index contributed by atoms with van der Waals surface area (Å²) in [6.07, 6.45) is -41.8. The Morgan fingerprint density at radius 1 is 0.551 bits per heavy atom. The van der Waals surface area contributed by atoms with Gasteiger partial charge >= 0.3 is 5.97 Å². The number of hydrogen-bond acceptors (Lipinski definition) is 31. The molecule has 10 rings (SSSR count). The molecule has 6 aliphatic heterocycles. The van der Waals surface area contributed by atoms with Crippen LogP contribution in [0.2, 0.25) is 0 Å². The van der Waals surface area contributed by atoms with Gasteiger partial charge in [-0.3, -0.25) is 4.79 Å². The molecular weight excluding hydrogens is 1190 g/mol. The molecule has 0 spiro atoms. The van der Waals surface area contributed by atoms with Crippen molar-refractivity contribution in [3.05, 3.63) is 0 Å². The fourth-order valence-electron chi connectivity index (χ4n) is 17.2. The molecule has 4 saturated carbocycles. The molecule has 6 saturated heterocycles. The van der Waals surface area contributed by atoms with Crippen molar-refractivity contribution in [2.45, 2.75) is 264 Å². The standard InChI is InChI=1S/C58H96O31/c1-20(18-78-51-45(74)41(70)37(66)31(14-59)82-51)6-9-58(77)21(2)36-30(89-58)11-25-23-10-27(64)26-12-29(28(65)13-57(26,5)24(23)7-8-56(25,36)4)81-53-47(76)43(72)48(34(17-62)85-53)86-55-50(88-54-46(75)42(71)38(67)32(15-60)83-54)49(40(69)33(16-61)84-55)87-52-44(73)39(68)35(19-79-52)80-22(3)63/h20-21,23-55,59-62,64-77H,6-19H2,1-5H3/t20-,21-,23+,24-,25-,26+,27+,28+,29+,30-,31+,32+,33+,34+,35+,36-,37+,38+,39-,40+,41-,42-,43+,44+,45+,46+,47+,48-,49-,50+,51+,52-,53+,54-,55-,56-,57+,58+/m0/s1. The number of esters is 1. The monoisotopic (exact) mass is 1290 g/mol. The lowest BCUT2D eigenvalue weighted by Gasteiger charge is -2.63. The number of rotatable bonds is 19. The molecule has 4 aliphatic carbocycles. The van der Waals surface area contributed by atoms with Crippen LogP contribution in [0.1, 0.15) is 86.0 Å². The molecule has 0 bridgehead atoms. The molecule has 18 N–H and O–H groups in total. The summed E-state index contributed by atoms with van der Waals surface area (Å²) >= 11 is 0. The summed E-state index contributed by atoms with van der Waals surface area (Å²) < 4.78 is 70.7. The molecule has 89 heavy (non-hydrogen) atoms. The third-order valence-corrected chi connectivity index (χ3v) is 22.2. The van der Waals surface area contributed by atoms with E-state index < -0.39 is 222 Å². The minimum atomic E-state index is -2.08. The Morgan fingerprint density at radius 3 is 1.74 bits per heavy atom. The van der Waals surface area contributed by atoms with Crippen molar-refractivity contribution < 1.29 is 154 Å². The van der Waals surface area contributed by atoms with E-state index in [1.165, 1.54) is 0 Å². The Kier molecular flexibility index (Phi) is 21.9. The van der Waals surface area contributed by atoms with Gasteiger partial charge in [-0.05, 0) is 91.3 Å². The number of fused-ring (bicyclic) bond motifs is 7. The van der Waals surface area contributed by atoms with E-state index in [4.69, 9.17) is 56.8 Å². The van der Waals surface area contributed by atoms with Crippen LogP contribution in [0.3, 0.4) is 0 Å². The van der Waals surface area contributed by atoms with Crippen LogP contribution < -0.4 is 0 Å². The Balaban J connectivity index is 0.785. The van der Waals surface area contributed by atoms with Crippen molar-refractivity contribution in [3.63, 3.8) is 0 Å². The Hall–Kier alpha value is -1.69. The van der Waals surface area contributed by atoms with Crippen molar-refractivity contribution in [1.82, 2.24) is 0 Å². The summed E-state index contributed by atoms with van der Waals surface area (Å²) in [5.41, 5.74) is -0.853. The fraction of sp³-hybridized carbons (Fsp3) is 0.983. The van der Waals surface area contributed by atoms with Crippen molar-refractivity contribution in [2.24, 2.45) is 52.3 Å². The highest BCUT2D eigenvalue weighted by Crippen LogP contribution is 2.71. The van der Waals surface area contributed by atoms with Crippen LogP contribution in [0.25, 0.3) is 0 Å².